The van der Waals surface area contributed by atoms with Crippen LogP contribution in [0, 0.1) is 27.8 Å². The van der Waals surface area contributed by atoms with Crippen LogP contribution in [0.25, 0.3) is 10.8 Å². The number of hydrogen-bond acceptors (Lipinski definition) is 9. The van der Waals surface area contributed by atoms with E-state index in [9.17, 15) is 29.3 Å². The first-order chi connectivity index (χ1) is 29.4. The lowest BCUT2D eigenvalue weighted by Crippen LogP contribution is -2.59. The summed E-state index contributed by atoms with van der Waals surface area (Å²) in [4.78, 5) is 70.2. The number of piperazine rings is 1. The average Bonchev–Trinajstić information content (AvgIpc) is 4.01. The van der Waals surface area contributed by atoms with Crippen LogP contribution in [0.5, 0.6) is 0 Å². The highest BCUT2D eigenvalue weighted by Crippen LogP contribution is 2.51. The average molecular weight is 835 g/mol. The number of nitro benzene ring substituents is 1. The Balaban J connectivity index is 0.915. The number of amides is 3. The van der Waals surface area contributed by atoms with Crippen LogP contribution >= 0.6 is 0 Å². The van der Waals surface area contributed by atoms with Gasteiger partial charge in [-0.05, 0) is 80.8 Å². The van der Waals surface area contributed by atoms with E-state index in [1.54, 1.807) is 58.2 Å². The fourth-order valence-electron chi connectivity index (χ4n) is 9.27. The zero-order valence-corrected chi connectivity index (χ0v) is 34.8. The minimum absolute atomic E-state index is 0.00790. The number of nitro groups is 1. The highest BCUT2D eigenvalue weighted by molar-refractivity contribution is 5.97. The zero-order valence-electron chi connectivity index (χ0n) is 34.8. The van der Waals surface area contributed by atoms with Crippen molar-refractivity contribution in [2.24, 2.45) is 11.8 Å². The van der Waals surface area contributed by atoms with E-state index in [1.807, 2.05) is 26.0 Å². The van der Waals surface area contributed by atoms with Crippen LogP contribution in [-0.2, 0) is 32.0 Å². The molecule has 4 aromatic rings. The van der Waals surface area contributed by atoms with Gasteiger partial charge < -0.3 is 24.2 Å². The third-order valence-corrected chi connectivity index (χ3v) is 12.8. The minimum Gasteiger partial charge on any atom is -0.380 e. The van der Waals surface area contributed by atoms with Gasteiger partial charge in [-0.25, -0.2) is 9.07 Å². The van der Waals surface area contributed by atoms with Crippen LogP contribution in [0.15, 0.2) is 77.6 Å². The van der Waals surface area contributed by atoms with Crippen LogP contribution < -0.4 is 10.5 Å². The van der Waals surface area contributed by atoms with Gasteiger partial charge in [-0.15, -0.1) is 0 Å². The summed E-state index contributed by atoms with van der Waals surface area (Å²) in [7, 11) is 1.63. The smallest absolute Gasteiger partial charge is 0.274 e. The van der Waals surface area contributed by atoms with Crippen LogP contribution in [0.1, 0.15) is 79.0 Å². The van der Waals surface area contributed by atoms with Gasteiger partial charge in [0.15, 0.2) is 0 Å². The highest BCUT2D eigenvalue weighted by atomic mass is 19.1. The van der Waals surface area contributed by atoms with Crippen molar-refractivity contribution < 1.29 is 33.2 Å². The van der Waals surface area contributed by atoms with Crippen LogP contribution in [-0.4, -0.2) is 100 Å². The first kappa shape index (κ1) is 41.9. The number of anilines is 1. The standard InChI is InChI=1S/C46H51FN6O8/c1-46(2,60-3)42-34-11-6-10-32(34)36-28-31(53(58)59)16-18-40(36)52(42)41(54)12-7-24-61-25-23-51-45(57)35-9-5-4-8-33(35)39(48-51)27-29-13-17-38(47)37(26-29)44(56)50-21-19-49(20-22-50)43(55)30-14-15-30/h4-6,8-10,13,16-18,26,28,30,32,34,42H,7,11-12,14-15,19-25,27H2,1-3H3. The number of aromatic nitrogens is 2. The van der Waals surface area contributed by atoms with Crippen molar-refractivity contribution in [3.05, 3.63) is 121 Å². The Morgan fingerprint density at radius 2 is 1.70 bits per heavy atom. The molecule has 3 amide bonds. The van der Waals surface area contributed by atoms with E-state index < -0.39 is 22.2 Å². The molecule has 0 bridgehead atoms. The Kier molecular flexibility index (Phi) is 11.9. The SMILES string of the molecule is COC(C)(C)C1C2CC=CC2c2cc([N+](=O)[O-])ccc2N1C(=O)CCCOCCn1nc(Cc2ccc(F)c(C(=O)N3CCN(C(=O)C4CC4)CC3)c2)c2ccccc2c1=O. The molecule has 320 valence electrons. The molecule has 2 fully saturated rings. The van der Waals surface area contributed by atoms with Crippen LogP contribution in [0.3, 0.4) is 0 Å². The molecule has 1 saturated heterocycles. The van der Waals surface area contributed by atoms with Gasteiger partial charge in [-0.3, -0.25) is 29.3 Å². The van der Waals surface area contributed by atoms with Gasteiger partial charge in [-0.1, -0.05) is 36.4 Å². The minimum atomic E-state index is -0.704. The summed E-state index contributed by atoms with van der Waals surface area (Å²) in [6.07, 6.45) is 7.49. The number of carbonyl (C=O) groups excluding carboxylic acids is 3. The van der Waals surface area contributed by atoms with Crippen molar-refractivity contribution >= 4 is 39.9 Å². The van der Waals surface area contributed by atoms with Crippen molar-refractivity contribution in [2.45, 2.75) is 76.5 Å². The second-order valence-electron chi connectivity index (χ2n) is 17.0. The number of benzene rings is 3. The zero-order chi connectivity index (χ0) is 43.0. The Morgan fingerprint density at radius 3 is 2.43 bits per heavy atom. The van der Waals surface area contributed by atoms with E-state index in [4.69, 9.17) is 14.6 Å². The Bertz CT molecular complexity index is 2460. The fourth-order valence-corrected chi connectivity index (χ4v) is 9.27. The fraction of sp³-hybridized carbons (Fsp3) is 0.457. The van der Waals surface area contributed by atoms with Gasteiger partial charge >= 0.3 is 0 Å². The van der Waals surface area contributed by atoms with Crippen LogP contribution in [0.2, 0.25) is 0 Å². The van der Waals surface area contributed by atoms with Gasteiger partial charge in [0, 0.05) is 87.8 Å². The van der Waals surface area contributed by atoms with Gasteiger partial charge in [-0.2, -0.15) is 5.10 Å². The molecule has 0 N–H and O–H groups in total. The number of fused-ring (bicyclic) bond motifs is 4. The number of rotatable bonds is 14. The summed E-state index contributed by atoms with van der Waals surface area (Å²) >= 11 is 0. The second-order valence-corrected chi connectivity index (χ2v) is 17.0. The van der Waals surface area contributed by atoms with Crippen molar-refractivity contribution in [1.29, 1.82) is 0 Å². The molecular weight excluding hydrogens is 784 g/mol. The number of allylic oxidation sites excluding steroid dienone is 2. The summed E-state index contributed by atoms with van der Waals surface area (Å²) in [5, 5.41) is 17.5. The first-order valence-electron chi connectivity index (χ1n) is 21.1. The van der Waals surface area contributed by atoms with E-state index in [0.717, 1.165) is 18.4 Å². The predicted octanol–water partition coefficient (Wildman–Crippen LogP) is 6.03. The quantitative estimate of drug-likeness (QED) is 0.0641. The molecule has 4 aliphatic rings. The number of non-ortho nitro benzene ring substituents is 1. The normalized spacial score (nSPS) is 19.9. The molecule has 8 rings (SSSR count). The van der Waals surface area contributed by atoms with Crippen molar-refractivity contribution in [3.63, 3.8) is 0 Å². The number of carbonyl (C=O) groups is 3. The topological polar surface area (TPSA) is 157 Å². The summed E-state index contributed by atoms with van der Waals surface area (Å²) in [6.45, 7) is 5.99. The largest absolute Gasteiger partial charge is 0.380 e. The summed E-state index contributed by atoms with van der Waals surface area (Å²) in [5.41, 5.74) is 1.59. The lowest BCUT2D eigenvalue weighted by molar-refractivity contribution is -0.384. The number of halogens is 1. The van der Waals surface area contributed by atoms with E-state index in [0.29, 0.717) is 66.7 Å². The van der Waals surface area contributed by atoms with Gasteiger partial charge in [0.05, 0.1) is 46.4 Å². The van der Waals surface area contributed by atoms with Gasteiger partial charge in [0.1, 0.15) is 5.82 Å². The summed E-state index contributed by atoms with van der Waals surface area (Å²) in [5.74, 6) is -1.03. The maximum atomic E-state index is 15.2. The molecule has 2 aliphatic heterocycles. The van der Waals surface area contributed by atoms with E-state index in [-0.39, 0.29) is 85.0 Å². The molecule has 1 saturated carbocycles. The Morgan fingerprint density at radius 1 is 0.967 bits per heavy atom. The third kappa shape index (κ3) is 8.45. The molecule has 0 spiro atoms. The molecule has 1 aromatic heterocycles. The highest BCUT2D eigenvalue weighted by Gasteiger charge is 2.50. The number of nitrogens with zero attached hydrogens (tertiary/aromatic N) is 6. The summed E-state index contributed by atoms with van der Waals surface area (Å²) < 4.78 is 28.4. The molecule has 3 aromatic carbocycles. The van der Waals surface area contributed by atoms with E-state index in [2.05, 4.69) is 12.2 Å². The molecule has 2 aliphatic carbocycles. The van der Waals surface area contributed by atoms with E-state index in [1.165, 1.54) is 16.8 Å². The molecular formula is C46H51FN6O8. The van der Waals surface area contributed by atoms with Crippen molar-refractivity contribution in [2.75, 3.05) is 51.4 Å². The van der Waals surface area contributed by atoms with Crippen LogP contribution in [0.4, 0.5) is 15.8 Å². The third-order valence-electron chi connectivity index (χ3n) is 12.8. The molecule has 0 radical (unpaired) electrons. The lowest BCUT2D eigenvalue weighted by atomic mass is 9.72. The monoisotopic (exact) mass is 834 g/mol. The number of hydrogen-bond donors (Lipinski definition) is 0. The van der Waals surface area contributed by atoms with Gasteiger partial charge in [0.2, 0.25) is 11.8 Å². The molecule has 61 heavy (non-hydrogen) atoms. The summed E-state index contributed by atoms with van der Waals surface area (Å²) in [6, 6.07) is 16.0. The molecule has 15 heteroatoms. The van der Waals surface area contributed by atoms with Gasteiger partial charge in [0.25, 0.3) is 17.2 Å². The van der Waals surface area contributed by atoms with Crippen molar-refractivity contribution in [1.82, 2.24) is 19.6 Å². The Labute approximate surface area is 353 Å². The lowest BCUT2D eigenvalue weighted by Gasteiger charge is -2.50. The molecule has 3 unspecified atom stereocenters. The number of methoxy groups -OCH3 is 1. The molecule has 14 nitrogen and oxygen atoms in total. The maximum Gasteiger partial charge on any atom is 0.274 e. The number of ether oxygens (including phenoxy) is 2. The second kappa shape index (κ2) is 17.3. The van der Waals surface area contributed by atoms with E-state index >= 15 is 4.39 Å². The Hall–Kier alpha value is -5.80. The predicted molar refractivity (Wildman–Crippen MR) is 226 cm³/mol. The molecule has 3 heterocycles. The molecule has 3 atom stereocenters. The maximum absolute atomic E-state index is 15.2. The van der Waals surface area contributed by atoms with Crippen molar-refractivity contribution in [3.8, 4) is 0 Å². The first-order valence-corrected chi connectivity index (χ1v) is 21.1.